The van der Waals surface area contributed by atoms with Gasteiger partial charge in [-0.05, 0) is 72.3 Å². The number of nitrogens with zero attached hydrogens (tertiary/aromatic N) is 2. The first-order valence-electron chi connectivity index (χ1n) is 12.8. The lowest BCUT2D eigenvalue weighted by Gasteiger charge is -2.08. The van der Waals surface area contributed by atoms with Crippen LogP contribution < -0.4 is 0 Å². The molecular weight excluding hydrogens is 565 g/mol. The molecule has 0 bridgehead atoms. The molecule has 0 aliphatic rings. The summed E-state index contributed by atoms with van der Waals surface area (Å²) >= 11 is 4.96. The third kappa shape index (κ3) is 4.58. The van der Waals surface area contributed by atoms with E-state index in [4.69, 9.17) is 10.4 Å². The van der Waals surface area contributed by atoms with E-state index < -0.39 is 5.97 Å². The highest BCUT2D eigenvalue weighted by Gasteiger charge is 2.14. The Kier molecular flexibility index (Phi) is 6.37. The summed E-state index contributed by atoms with van der Waals surface area (Å²) in [5, 5.41) is 20.7. The Bertz CT molecular complexity index is 2100. The molecule has 4 nitrogen and oxygen atoms in total. The van der Waals surface area contributed by atoms with Gasteiger partial charge in [-0.2, -0.15) is 5.26 Å². The second-order valence-corrected chi connectivity index (χ2v) is 12.7. The van der Waals surface area contributed by atoms with E-state index in [9.17, 15) is 4.79 Å². The first-order valence-corrected chi connectivity index (χ1v) is 15.3. The van der Waals surface area contributed by atoms with Crippen molar-refractivity contribution in [2.75, 3.05) is 0 Å². The summed E-state index contributed by atoms with van der Waals surface area (Å²) in [6.07, 6.45) is 1.42. The van der Waals surface area contributed by atoms with Crippen LogP contribution in [-0.2, 0) is 4.79 Å². The van der Waals surface area contributed by atoms with Gasteiger partial charge in [0.15, 0.2) is 0 Å². The monoisotopic (exact) mass is 584 g/mol. The quantitative estimate of drug-likeness (QED) is 0.156. The number of para-hydroxylation sites is 2. The molecule has 41 heavy (non-hydrogen) atoms. The fraction of sp³-hybridized carbons (Fsp3) is 0. The molecule has 0 unspecified atom stereocenters. The summed E-state index contributed by atoms with van der Waals surface area (Å²) in [7, 11) is 0. The van der Waals surface area contributed by atoms with Gasteiger partial charge in [0.2, 0.25) is 0 Å². The number of carboxylic acid groups (broad SMARTS) is 1. The van der Waals surface area contributed by atoms with Crippen LogP contribution in [0.15, 0.2) is 115 Å². The number of aliphatic carboxylic acids is 1. The van der Waals surface area contributed by atoms with Crippen molar-refractivity contribution in [1.29, 1.82) is 5.26 Å². The van der Waals surface area contributed by atoms with Gasteiger partial charge in [0.1, 0.15) is 11.6 Å². The average molecular weight is 585 g/mol. The molecule has 4 heterocycles. The third-order valence-electron chi connectivity index (χ3n) is 6.95. The van der Waals surface area contributed by atoms with Crippen LogP contribution in [-0.4, -0.2) is 15.6 Å². The SMILES string of the molecule is N#C/C(=C\c1ccc(-c2ccc(-c3ccc(-c4ccc(-n5c6ccccc6c6ccccc65)cc4)s3)s2)s1)C(=O)O. The van der Waals surface area contributed by atoms with Gasteiger partial charge in [0.05, 0.1) is 11.0 Å². The number of carbonyl (C=O) groups is 1. The first-order chi connectivity index (χ1) is 20.1. The number of fused-ring (bicyclic) bond motifs is 3. The van der Waals surface area contributed by atoms with E-state index in [0.717, 1.165) is 20.3 Å². The Balaban J connectivity index is 1.15. The molecule has 7 aromatic rings. The predicted octanol–water partition coefficient (Wildman–Crippen LogP) is 9.96. The summed E-state index contributed by atoms with van der Waals surface area (Å²) in [6.45, 7) is 0. The fourth-order valence-electron chi connectivity index (χ4n) is 5.05. The second kappa shape index (κ2) is 10.3. The highest BCUT2D eigenvalue weighted by atomic mass is 32.1. The minimum absolute atomic E-state index is 0.264. The molecule has 3 aromatic carbocycles. The van der Waals surface area contributed by atoms with Gasteiger partial charge in [0, 0.05) is 45.7 Å². The van der Waals surface area contributed by atoms with E-state index in [1.807, 2.05) is 12.1 Å². The lowest BCUT2D eigenvalue weighted by atomic mass is 10.1. The average Bonchev–Trinajstić information content (AvgIpc) is 3.81. The zero-order chi connectivity index (χ0) is 27.9. The maximum atomic E-state index is 11.2. The van der Waals surface area contributed by atoms with Gasteiger partial charge in [-0.15, -0.1) is 34.0 Å². The topological polar surface area (TPSA) is 66.0 Å². The normalized spacial score (nSPS) is 11.7. The van der Waals surface area contributed by atoms with E-state index in [-0.39, 0.29) is 5.57 Å². The molecule has 0 atom stereocenters. The lowest BCUT2D eigenvalue weighted by molar-refractivity contribution is -0.132. The van der Waals surface area contributed by atoms with E-state index in [1.54, 1.807) is 28.7 Å². The smallest absolute Gasteiger partial charge is 0.346 e. The van der Waals surface area contributed by atoms with Crippen molar-refractivity contribution >= 4 is 67.9 Å². The number of benzene rings is 3. The second-order valence-electron chi connectivity index (χ2n) is 9.42. The molecule has 0 radical (unpaired) electrons. The molecule has 196 valence electrons. The fourth-order valence-corrected chi connectivity index (χ4v) is 8.20. The molecule has 0 aliphatic carbocycles. The van der Waals surface area contributed by atoms with Crippen molar-refractivity contribution in [3.05, 3.63) is 120 Å². The molecule has 7 rings (SSSR count). The maximum Gasteiger partial charge on any atom is 0.346 e. The summed E-state index contributed by atoms with van der Waals surface area (Å²) in [5.41, 5.74) is 4.47. The van der Waals surface area contributed by atoms with E-state index in [2.05, 4.69) is 102 Å². The molecular formula is C34H20N2O2S3. The zero-order valence-corrected chi connectivity index (χ0v) is 23.9. The van der Waals surface area contributed by atoms with Gasteiger partial charge in [-0.1, -0.05) is 48.5 Å². The number of rotatable bonds is 6. The summed E-state index contributed by atoms with van der Waals surface area (Å²) < 4.78 is 2.33. The molecule has 1 N–H and O–H groups in total. The molecule has 0 aliphatic heterocycles. The van der Waals surface area contributed by atoms with Crippen molar-refractivity contribution in [3.63, 3.8) is 0 Å². The van der Waals surface area contributed by atoms with Crippen LogP contribution in [0.5, 0.6) is 0 Å². The van der Waals surface area contributed by atoms with Crippen LogP contribution in [0.25, 0.3) is 63.5 Å². The highest BCUT2D eigenvalue weighted by molar-refractivity contribution is 7.27. The molecule has 0 fully saturated rings. The minimum atomic E-state index is -1.21. The van der Waals surface area contributed by atoms with E-state index >= 15 is 0 Å². The largest absolute Gasteiger partial charge is 0.477 e. The highest BCUT2D eigenvalue weighted by Crippen LogP contribution is 2.42. The Hall–Kier alpha value is -4.74. The Labute approximate surface area is 247 Å². The molecule has 0 saturated carbocycles. The molecule has 0 amide bonds. The summed E-state index contributed by atoms with van der Waals surface area (Å²) in [4.78, 5) is 17.7. The van der Waals surface area contributed by atoms with Crippen LogP contribution in [0.2, 0.25) is 0 Å². The minimum Gasteiger partial charge on any atom is -0.477 e. The molecule has 0 saturated heterocycles. The van der Waals surface area contributed by atoms with Crippen molar-refractivity contribution < 1.29 is 9.90 Å². The molecule has 7 heteroatoms. The predicted molar refractivity (Wildman–Crippen MR) is 172 cm³/mol. The standard InChI is InChI=1S/C34H20N2O2S3/c35-20-22(34(37)38)19-24-13-14-30(39-24)31-17-18-33(41-31)32-16-15-29(40-32)21-9-11-23(12-10-21)36-27-7-3-1-5-25(27)26-6-2-4-8-28(26)36/h1-19H,(H,37,38)/b22-19+. The lowest BCUT2D eigenvalue weighted by Crippen LogP contribution is -1.96. The number of carboxylic acids is 1. The van der Waals surface area contributed by atoms with Crippen LogP contribution in [0.4, 0.5) is 0 Å². The first kappa shape index (κ1) is 25.2. The van der Waals surface area contributed by atoms with Crippen LogP contribution in [0.1, 0.15) is 4.88 Å². The van der Waals surface area contributed by atoms with Crippen molar-refractivity contribution in [2.24, 2.45) is 0 Å². The Morgan fingerprint density at radius 3 is 1.76 bits per heavy atom. The third-order valence-corrected chi connectivity index (χ3v) is 10.6. The van der Waals surface area contributed by atoms with E-state index in [0.29, 0.717) is 0 Å². The zero-order valence-electron chi connectivity index (χ0n) is 21.4. The van der Waals surface area contributed by atoms with Crippen LogP contribution in [0.3, 0.4) is 0 Å². The van der Waals surface area contributed by atoms with Crippen molar-refractivity contribution in [1.82, 2.24) is 4.57 Å². The molecule has 0 spiro atoms. The molecule has 4 aromatic heterocycles. The van der Waals surface area contributed by atoms with Crippen LogP contribution >= 0.6 is 34.0 Å². The van der Waals surface area contributed by atoms with Crippen molar-refractivity contribution in [3.8, 4) is 41.7 Å². The van der Waals surface area contributed by atoms with Gasteiger partial charge in [-0.25, -0.2) is 4.79 Å². The van der Waals surface area contributed by atoms with Crippen LogP contribution in [0, 0.1) is 11.3 Å². The number of nitriles is 1. The number of hydrogen-bond acceptors (Lipinski definition) is 5. The maximum absolute atomic E-state index is 11.2. The Morgan fingerprint density at radius 2 is 1.17 bits per heavy atom. The van der Waals surface area contributed by atoms with Crippen molar-refractivity contribution in [2.45, 2.75) is 0 Å². The number of aromatic nitrogens is 1. The number of thiophene rings is 3. The summed E-state index contributed by atoms with van der Waals surface area (Å²) in [6, 6.07) is 40.0. The summed E-state index contributed by atoms with van der Waals surface area (Å²) in [5.74, 6) is -1.21. The van der Waals surface area contributed by atoms with Gasteiger partial charge >= 0.3 is 5.97 Å². The van der Waals surface area contributed by atoms with Gasteiger partial charge in [-0.3, -0.25) is 0 Å². The number of hydrogen-bond donors (Lipinski definition) is 1. The van der Waals surface area contributed by atoms with E-state index in [1.165, 1.54) is 59.4 Å². The van der Waals surface area contributed by atoms with Gasteiger partial charge in [0.25, 0.3) is 0 Å². The van der Waals surface area contributed by atoms with Gasteiger partial charge < -0.3 is 9.67 Å². The Morgan fingerprint density at radius 1 is 0.659 bits per heavy atom.